The number of fused-ring (bicyclic) bond motifs is 1. The standard InChI is InChI=1S/C20H26N2O6S3/c1-4-6-8-21-18(25)14(19(26)22(21)9-7-5-2)20-29-16-13(23)10-12(11-31(3,27)28)15(24)17(16)30-20/h10,23-24H,4-9,11H2,1-3H3. The van der Waals surface area contributed by atoms with Crippen LogP contribution in [0.4, 0.5) is 0 Å². The Labute approximate surface area is 190 Å². The molecule has 0 atom stereocenters. The molecule has 2 aliphatic rings. The molecular formula is C20H26N2O6S3. The van der Waals surface area contributed by atoms with Crippen LogP contribution in [-0.2, 0) is 25.2 Å². The quantitative estimate of drug-likeness (QED) is 0.327. The van der Waals surface area contributed by atoms with Crippen molar-refractivity contribution in [2.24, 2.45) is 0 Å². The first-order chi connectivity index (χ1) is 14.6. The van der Waals surface area contributed by atoms with Crippen LogP contribution < -0.4 is 0 Å². The van der Waals surface area contributed by atoms with E-state index in [1.807, 2.05) is 13.8 Å². The maximum Gasteiger partial charge on any atom is 0.279 e. The van der Waals surface area contributed by atoms with Gasteiger partial charge in [-0.25, -0.2) is 18.4 Å². The maximum absolute atomic E-state index is 13.1. The number of carbonyl (C=O) groups excluding carboxylic acids is 2. The predicted octanol–water partition coefficient (Wildman–Crippen LogP) is 3.24. The van der Waals surface area contributed by atoms with Crippen molar-refractivity contribution in [3.05, 3.63) is 21.4 Å². The number of carbonyl (C=O) groups is 2. The molecule has 2 aliphatic heterocycles. The molecule has 170 valence electrons. The fourth-order valence-corrected chi connectivity index (χ4v) is 6.77. The molecule has 0 aliphatic carbocycles. The van der Waals surface area contributed by atoms with Crippen LogP contribution in [0, 0.1) is 0 Å². The van der Waals surface area contributed by atoms with E-state index in [0.29, 0.717) is 22.2 Å². The Morgan fingerprint density at radius 3 is 1.94 bits per heavy atom. The number of aromatic hydroxyl groups is 2. The lowest BCUT2D eigenvalue weighted by atomic mass is 10.2. The topological polar surface area (TPSA) is 115 Å². The van der Waals surface area contributed by atoms with Crippen LogP contribution in [0.15, 0.2) is 25.7 Å². The van der Waals surface area contributed by atoms with Crippen molar-refractivity contribution in [2.75, 3.05) is 19.3 Å². The Balaban J connectivity index is 2.00. The molecule has 11 heteroatoms. The summed E-state index contributed by atoms with van der Waals surface area (Å²) in [5, 5.41) is 24.0. The van der Waals surface area contributed by atoms with E-state index in [-0.39, 0.29) is 39.3 Å². The van der Waals surface area contributed by atoms with Crippen LogP contribution >= 0.6 is 23.5 Å². The molecule has 1 aromatic carbocycles. The second-order valence-electron chi connectivity index (χ2n) is 7.56. The molecule has 0 aromatic heterocycles. The molecular weight excluding hydrogens is 460 g/mol. The molecule has 1 aromatic rings. The first kappa shape index (κ1) is 23.8. The Morgan fingerprint density at radius 2 is 1.45 bits per heavy atom. The highest BCUT2D eigenvalue weighted by atomic mass is 32.2. The third-order valence-electron chi connectivity index (χ3n) is 4.92. The van der Waals surface area contributed by atoms with Crippen LogP contribution in [0.5, 0.6) is 11.5 Å². The third kappa shape index (κ3) is 4.83. The highest BCUT2D eigenvalue weighted by Crippen LogP contribution is 2.60. The van der Waals surface area contributed by atoms with Gasteiger partial charge in [-0.2, -0.15) is 0 Å². The van der Waals surface area contributed by atoms with Crippen LogP contribution in [-0.4, -0.2) is 59.8 Å². The van der Waals surface area contributed by atoms with Crippen LogP contribution in [0.25, 0.3) is 0 Å². The largest absolute Gasteiger partial charge is 0.507 e. The SMILES string of the molecule is CCCCN1C(=O)C(=C2Sc3c(O)cc(CS(C)(=O)=O)c(O)c3S2)C(=O)N1CCCC. The zero-order valence-corrected chi connectivity index (χ0v) is 20.1. The number of hydrogen-bond donors (Lipinski definition) is 2. The Hall–Kier alpha value is -1.85. The Kier molecular flexibility index (Phi) is 7.17. The highest BCUT2D eigenvalue weighted by molar-refractivity contribution is 8.25. The van der Waals surface area contributed by atoms with Crippen molar-refractivity contribution in [2.45, 2.75) is 55.1 Å². The summed E-state index contributed by atoms with van der Waals surface area (Å²) in [6.45, 7) is 4.91. The van der Waals surface area contributed by atoms with Gasteiger partial charge in [0.2, 0.25) is 0 Å². The first-order valence-electron chi connectivity index (χ1n) is 10.1. The van der Waals surface area contributed by atoms with E-state index in [4.69, 9.17) is 0 Å². The number of hydrogen-bond acceptors (Lipinski definition) is 8. The monoisotopic (exact) mass is 486 g/mol. The number of benzene rings is 1. The molecule has 2 N–H and O–H groups in total. The lowest BCUT2D eigenvalue weighted by molar-refractivity contribution is -0.147. The minimum Gasteiger partial charge on any atom is -0.507 e. The van der Waals surface area contributed by atoms with Gasteiger partial charge in [0.05, 0.1) is 19.8 Å². The normalized spacial score (nSPS) is 16.6. The number of sulfone groups is 1. The number of nitrogens with zero attached hydrogens (tertiary/aromatic N) is 2. The van der Waals surface area contributed by atoms with Gasteiger partial charge in [-0.1, -0.05) is 50.2 Å². The Bertz CT molecular complexity index is 1020. The fourth-order valence-electron chi connectivity index (χ4n) is 3.37. The number of amides is 2. The van der Waals surface area contributed by atoms with Crippen molar-refractivity contribution in [3.8, 4) is 11.5 Å². The third-order valence-corrected chi connectivity index (χ3v) is 8.38. The van der Waals surface area contributed by atoms with E-state index in [1.54, 1.807) is 0 Å². The smallest absolute Gasteiger partial charge is 0.279 e. The van der Waals surface area contributed by atoms with E-state index in [0.717, 1.165) is 55.5 Å². The van der Waals surface area contributed by atoms with E-state index < -0.39 is 15.6 Å². The maximum atomic E-state index is 13.1. The summed E-state index contributed by atoms with van der Waals surface area (Å²) >= 11 is 2.06. The zero-order valence-electron chi connectivity index (χ0n) is 17.7. The number of rotatable bonds is 8. The number of phenolic OH excluding ortho intramolecular Hbond substituents is 2. The molecule has 0 radical (unpaired) electrons. The number of unbranched alkanes of at least 4 members (excludes halogenated alkanes) is 2. The molecule has 2 amide bonds. The van der Waals surface area contributed by atoms with Crippen LogP contribution in [0.1, 0.15) is 45.1 Å². The second-order valence-corrected chi connectivity index (χ2v) is 12.0. The summed E-state index contributed by atoms with van der Waals surface area (Å²) in [6, 6.07) is 1.22. The average molecular weight is 487 g/mol. The molecule has 31 heavy (non-hydrogen) atoms. The Morgan fingerprint density at radius 1 is 0.935 bits per heavy atom. The molecule has 0 saturated carbocycles. The van der Waals surface area contributed by atoms with E-state index in [1.165, 1.54) is 16.1 Å². The minimum absolute atomic E-state index is 0.0295. The molecule has 8 nitrogen and oxygen atoms in total. The van der Waals surface area contributed by atoms with Crippen molar-refractivity contribution in [3.63, 3.8) is 0 Å². The molecule has 0 unspecified atom stereocenters. The van der Waals surface area contributed by atoms with Crippen LogP contribution in [0.2, 0.25) is 0 Å². The van der Waals surface area contributed by atoms with E-state index in [2.05, 4.69) is 0 Å². The van der Waals surface area contributed by atoms with Crippen LogP contribution in [0.3, 0.4) is 0 Å². The molecule has 0 bridgehead atoms. The van der Waals surface area contributed by atoms with Gasteiger partial charge in [-0.15, -0.1) is 0 Å². The number of thioether (sulfide) groups is 2. The average Bonchev–Trinajstić information content (AvgIpc) is 3.21. The zero-order chi connectivity index (χ0) is 22.9. The summed E-state index contributed by atoms with van der Waals surface area (Å²) < 4.78 is 23.7. The van der Waals surface area contributed by atoms with Gasteiger partial charge < -0.3 is 10.2 Å². The number of hydrazine groups is 1. The summed E-state index contributed by atoms with van der Waals surface area (Å²) in [5.74, 6) is -1.64. The fraction of sp³-hybridized carbons (Fsp3) is 0.500. The molecule has 0 spiro atoms. The van der Waals surface area contributed by atoms with E-state index >= 15 is 0 Å². The van der Waals surface area contributed by atoms with Gasteiger partial charge in [0.1, 0.15) is 17.1 Å². The highest BCUT2D eigenvalue weighted by Gasteiger charge is 2.44. The van der Waals surface area contributed by atoms with Gasteiger partial charge in [0.25, 0.3) is 11.8 Å². The van der Waals surface area contributed by atoms with Crippen molar-refractivity contribution >= 4 is 45.2 Å². The van der Waals surface area contributed by atoms with Gasteiger partial charge in [0, 0.05) is 24.9 Å². The summed E-state index contributed by atoms with van der Waals surface area (Å²) in [5.41, 5.74) is 0.109. The van der Waals surface area contributed by atoms with Crippen molar-refractivity contribution < 1.29 is 28.2 Å². The summed E-state index contributed by atoms with van der Waals surface area (Å²) in [4.78, 5) is 26.8. The van der Waals surface area contributed by atoms with Crippen molar-refractivity contribution in [1.29, 1.82) is 0 Å². The van der Waals surface area contributed by atoms with Gasteiger partial charge in [-0.3, -0.25) is 9.59 Å². The molecule has 3 rings (SSSR count). The second kappa shape index (κ2) is 9.33. The molecule has 1 saturated heterocycles. The lowest BCUT2D eigenvalue weighted by Gasteiger charge is -2.27. The van der Waals surface area contributed by atoms with Gasteiger partial charge >= 0.3 is 0 Å². The molecule has 2 heterocycles. The van der Waals surface area contributed by atoms with Gasteiger partial charge in [-0.05, 0) is 18.9 Å². The first-order valence-corrected chi connectivity index (χ1v) is 13.8. The predicted molar refractivity (Wildman–Crippen MR) is 120 cm³/mol. The van der Waals surface area contributed by atoms with E-state index in [9.17, 15) is 28.2 Å². The van der Waals surface area contributed by atoms with Gasteiger partial charge in [0.15, 0.2) is 9.84 Å². The van der Waals surface area contributed by atoms with Crippen molar-refractivity contribution in [1.82, 2.24) is 10.0 Å². The minimum atomic E-state index is -3.43. The number of phenols is 2. The summed E-state index contributed by atoms with van der Waals surface area (Å²) in [7, 11) is -3.43. The lowest BCUT2D eigenvalue weighted by Crippen LogP contribution is -2.42. The molecule has 1 fully saturated rings. The summed E-state index contributed by atoms with van der Waals surface area (Å²) in [6.07, 6.45) is 4.33.